The van der Waals surface area contributed by atoms with E-state index in [1.807, 2.05) is 20.8 Å². The minimum atomic E-state index is -0.784. The van der Waals surface area contributed by atoms with Crippen molar-refractivity contribution >= 4 is 23.3 Å². The molecule has 0 bridgehead atoms. The molecule has 1 rings (SSSR count). The van der Waals surface area contributed by atoms with Gasteiger partial charge in [-0.2, -0.15) is 0 Å². The van der Waals surface area contributed by atoms with Gasteiger partial charge in [-0.25, -0.2) is 9.78 Å². The number of hydrogen-bond acceptors (Lipinski definition) is 4. The Kier molecular flexibility index (Phi) is 6.61. The van der Waals surface area contributed by atoms with E-state index in [0.29, 0.717) is 19.5 Å². The van der Waals surface area contributed by atoms with Crippen LogP contribution in [0.2, 0.25) is 0 Å². The van der Waals surface area contributed by atoms with E-state index in [0.717, 1.165) is 16.3 Å². The number of thiazole rings is 1. The molecule has 0 saturated heterocycles. The number of carbonyl (C=O) groups excluding carboxylic acids is 1. The summed E-state index contributed by atoms with van der Waals surface area (Å²) in [5, 5.41) is 15.2. The van der Waals surface area contributed by atoms with Crippen molar-refractivity contribution < 1.29 is 14.7 Å². The number of carboxylic acid groups (broad SMARTS) is 1. The van der Waals surface area contributed by atoms with Crippen LogP contribution >= 0.6 is 11.3 Å². The molecular formula is C14H23N3O3S. The first-order chi connectivity index (χ1) is 9.78. The second kappa shape index (κ2) is 7.97. The average Bonchev–Trinajstić information content (AvgIpc) is 2.80. The lowest BCUT2D eigenvalue weighted by Gasteiger charge is -2.23. The summed E-state index contributed by atoms with van der Waals surface area (Å²) in [5.41, 5.74) is -0.0968. The largest absolute Gasteiger partial charge is 0.481 e. The van der Waals surface area contributed by atoms with Crippen LogP contribution in [-0.2, 0) is 11.3 Å². The van der Waals surface area contributed by atoms with Gasteiger partial charge in [-0.3, -0.25) is 4.79 Å². The summed E-state index contributed by atoms with van der Waals surface area (Å²) in [4.78, 5) is 27.3. The zero-order chi connectivity index (χ0) is 15.9. The number of hydrogen-bond donors (Lipinski definition) is 3. The minimum absolute atomic E-state index is 0.0968. The van der Waals surface area contributed by atoms with Gasteiger partial charge in [-0.15, -0.1) is 11.3 Å². The summed E-state index contributed by atoms with van der Waals surface area (Å²) in [6, 6.07) is -0.213. The van der Waals surface area contributed by atoms with Crippen LogP contribution in [0.5, 0.6) is 0 Å². The van der Waals surface area contributed by atoms with E-state index < -0.39 is 5.97 Å². The first kappa shape index (κ1) is 17.4. The third-order valence-electron chi connectivity index (χ3n) is 3.20. The van der Waals surface area contributed by atoms with Crippen molar-refractivity contribution in [2.24, 2.45) is 5.41 Å². The Labute approximate surface area is 129 Å². The van der Waals surface area contributed by atoms with Gasteiger partial charge in [0.05, 0.1) is 11.6 Å². The number of aliphatic carboxylic acids is 1. The van der Waals surface area contributed by atoms with Crippen LogP contribution in [-0.4, -0.2) is 28.6 Å². The van der Waals surface area contributed by atoms with Crippen LogP contribution in [0.3, 0.4) is 0 Å². The Morgan fingerprint density at radius 1 is 1.33 bits per heavy atom. The number of aryl methyl sites for hydroxylation is 1. The Morgan fingerprint density at radius 2 is 2.05 bits per heavy atom. The zero-order valence-corrected chi connectivity index (χ0v) is 13.5. The monoisotopic (exact) mass is 313 g/mol. The molecule has 0 aromatic carbocycles. The number of nitrogens with one attached hydrogen (secondary N) is 2. The van der Waals surface area contributed by atoms with E-state index >= 15 is 0 Å². The summed E-state index contributed by atoms with van der Waals surface area (Å²) in [5.74, 6) is -0.784. The number of nitrogens with zero attached hydrogens (tertiary/aromatic N) is 1. The standard InChI is InChI=1S/C14H23N3O3S/c1-10-16-8-11(21-10)9-17-13(20)15-7-6-14(2,3)5-4-12(18)19/h8H,4-7,9H2,1-3H3,(H,18,19)(H2,15,17,20). The molecule has 2 amide bonds. The molecule has 0 spiro atoms. The predicted octanol–water partition coefficient (Wildman–Crippen LogP) is 2.53. The number of carboxylic acids is 1. The molecule has 118 valence electrons. The second-order valence-corrected chi connectivity index (χ2v) is 7.08. The Hall–Kier alpha value is -1.63. The molecule has 7 heteroatoms. The van der Waals surface area contributed by atoms with Crippen LogP contribution in [0, 0.1) is 12.3 Å². The maximum absolute atomic E-state index is 11.6. The van der Waals surface area contributed by atoms with Gasteiger partial charge < -0.3 is 15.7 Å². The molecule has 0 atom stereocenters. The molecule has 3 N–H and O–H groups in total. The summed E-state index contributed by atoms with van der Waals surface area (Å²) in [6.07, 6.45) is 3.26. The van der Waals surface area contributed by atoms with Crippen molar-refractivity contribution in [1.82, 2.24) is 15.6 Å². The highest BCUT2D eigenvalue weighted by Gasteiger charge is 2.19. The molecule has 0 aliphatic carbocycles. The van der Waals surface area contributed by atoms with Crippen LogP contribution in [0.1, 0.15) is 43.0 Å². The number of amides is 2. The predicted molar refractivity (Wildman–Crippen MR) is 82.4 cm³/mol. The van der Waals surface area contributed by atoms with Gasteiger partial charge in [0.25, 0.3) is 0 Å². The van der Waals surface area contributed by atoms with Crippen molar-refractivity contribution in [3.05, 3.63) is 16.1 Å². The number of rotatable bonds is 8. The molecule has 0 fully saturated rings. The van der Waals surface area contributed by atoms with Crippen molar-refractivity contribution in [3.63, 3.8) is 0 Å². The van der Waals surface area contributed by atoms with Gasteiger partial charge in [0.1, 0.15) is 0 Å². The molecule has 0 unspecified atom stereocenters. The molecule has 0 radical (unpaired) electrons. The fourth-order valence-electron chi connectivity index (χ4n) is 1.80. The number of urea groups is 1. The van der Waals surface area contributed by atoms with Crippen molar-refractivity contribution in [3.8, 4) is 0 Å². The first-order valence-corrected chi connectivity index (χ1v) is 7.75. The lowest BCUT2D eigenvalue weighted by atomic mass is 9.84. The van der Waals surface area contributed by atoms with Gasteiger partial charge >= 0.3 is 12.0 Å². The highest BCUT2D eigenvalue weighted by atomic mass is 32.1. The summed E-state index contributed by atoms with van der Waals surface area (Å²) < 4.78 is 0. The molecule has 1 heterocycles. The summed E-state index contributed by atoms with van der Waals surface area (Å²) in [7, 11) is 0. The van der Waals surface area contributed by atoms with E-state index in [9.17, 15) is 9.59 Å². The molecule has 0 aliphatic rings. The van der Waals surface area contributed by atoms with Crippen LogP contribution in [0.25, 0.3) is 0 Å². The van der Waals surface area contributed by atoms with Gasteiger partial charge in [-0.05, 0) is 25.2 Å². The third-order valence-corrected chi connectivity index (χ3v) is 4.11. The van der Waals surface area contributed by atoms with Crippen LogP contribution in [0.15, 0.2) is 6.20 Å². The quantitative estimate of drug-likeness (QED) is 0.688. The Morgan fingerprint density at radius 3 is 2.62 bits per heavy atom. The van der Waals surface area contributed by atoms with Gasteiger partial charge in [0.15, 0.2) is 0 Å². The highest BCUT2D eigenvalue weighted by Crippen LogP contribution is 2.25. The van der Waals surface area contributed by atoms with Crippen molar-refractivity contribution in [2.45, 2.75) is 46.6 Å². The average molecular weight is 313 g/mol. The molecule has 21 heavy (non-hydrogen) atoms. The van der Waals surface area contributed by atoms with E-state index in [1.54, 1.807) is 17.5 Å². The van der Waals surface area contributed by atoms with Crippen molar-refractivity contribution in [1.29, 1.82) is 0 Å². The molecule has 1 aromatic heterocycles. The fraction of sp³-hybridized carbons (Fsp3) is 0.643. The third kappa shape index (κ3) is 7.65. The van der Waals surface area contributed by atoms with Gasteiger partial charge in [0, 0.05) is 24.0 Å². The Bertz CT molecular complexity index is 486. The maximum Gasteiger partial charge on any atom is 0.315 e. The lowest BCUT2D eigenvalue weighted by molar-refractivity contribution is -0.137. The maximum atomic E-state index is 11.6. The van der Waals surface area contributed by atoms with Crippen LogP contribution < -0.4 is 10.6 Å². The van der Waals surface area contributed by atoms with Crippen LogP contribution in [0.4, 0.5) is 4.79 Å². The lowest BCUT2D eigenvalue weighted by Crippen LogP contribution is -2.36. The fourth-order valence-corrected chi connectivity index (χ4v) is 2.54. The molecule has 1 aromatic rings. The number of aromatic nitrogens is 1. The molecule has 0 saturated carbocycles. The minimum Gasteiger partial charge on any atom is -0.481 e. The molecular weight excluding hydrogens is 290 g/mol. The van der Waals surface area contributed by atoms with Crippen molar-refractivity contribution in [2.75, 3.05) is 6.54 Å². The second-order valence-electron chi connectivity index (χ2n) is 5.76. The van der Waals surface area contributed by atoms with E-state index in [-0.39, 0.29) is 17.9 Å². The first-order valence-electron chi connectivity index (χ1n) is 6.93. The number of carbonyl (C=O) groups is 2. The molecule has 6 nitrogen and oxygen atoms in total. The highest BCUT2D eigenvalue weighted by molar-refractivity contribution is 7.11. The van der Waals surface area contributed by atoms with Gasteiger partial charge in [-0.1, -0.05) is 13.8 Å². The normalized spacial score (nSPS) is 11.2. The SMILES string of the molecule is Cc1ncc(CNC(=O)NCCC(C)(C)CCC(=O)O)s1. The van der Waals surface area contributed by atoms with Gasteiger partial charge in [0.2, 0.25) is 0 Å². The topological polar surface area (TPSA) is 91.3 Å². The summed E-state index contributed by atoms with van der Waals surface area (Å²) >= 11 is 1.56. The smallest absolute Gasteiger partial charge is 0.315 e. The zero-order valence-electron chi connectivity index (χ0n) is 12.7. The summed E-state index contributed by atoms with van der Waals surface area (Å²) in [6.45, 7) is 6.94. The van der Waals surface area contributed by atoms with E-state index in [2.05, 4.69) is 15.6 Å². The van der Waals surface area contributed by atoms with E-state index in [4.69, 9.17) is 5.11 Å². The Balaban J connectivity index is 2.19. The van der Waals surface area contributed by atoms with E-state index in [1.165, 1.54) is 0 Å². The molecule has 0 aliphatic heterocycles.